The number of benzene rings is 1. The van der Waals surface area contributed by atoms with Gasteiger partial charge in [-0.1, -0.05) is 6.07 Å². The van der Waals surface area contributed by atoms with E-state index in [9.17, 15) is 0 Å². The number of nitrogens with zero attached hydrogens (tertiary/aromatic N) is 1. The van der Waals surface area contributed by atoms with Crippen LogP contribution in [0, 0.1) is 11.3 Å². The number of ether oxygens (including phenoxy) is 3. The SMILES string of the molecule is COC1CCCC(OCCCOc2cccc(C#N)c2)C1. The zero-order valence-electron chi connectivity index (χ0n) is 12.6. The molecule has 0 aromatic heterocycles. The summed E-state index contributed by atoms with van der Waals surface area (Å²) < 4.78 is 16.9. The van der Waals surface area contributed by atoms with Crippen LogP contribution in [0.1, 0.15) is 37.7 Å². The lowest BCUT2D eigenvalue weighted by atomic mass is 9.95. The Morgan fingerprint density at radius 2 is 2.10 bits per heavy atom. The summed E-state index contributed by atoms with van der Waals surface area (Å²) in [6.45, 7) is 1.31. The highest BCUT2D eigenvalue weighted by Crippen LogP contribution is 2.23. The van der Waals surface area contributed by atoms with Crippen LogP contribution < -0.4 is 4.74 Å². The van der Waals surface area contributed by atoms with Gasteiger partial charge in [-0.3, -0.25) is 0 Å². The molecule has 2 unspecified atom stereocenters. The molecule has 0 saturated heterocycles. The molecule has 21 heavy (non-hydrogen) atoms. The van der Waals surface area contributed by atoms with Crippen LogP contribution in [0.3, 0.4) is 0 Å². The third-order valence-electron chi connectivity index (χ3n) is 3.79. The van der Waals surface area contributed by atoms with E-state index in [4.69, 9.17) is 19.5 Å². The van der Waals surface area contributed by atoms with E-state index in [1.54, 1.807) is 19.2 Å². The first-order valence-corrected chi connectivity index (χ1v) is 7.59. The monoisotopic (exact) mass is 289 g/mol. The minimum Gasteiger partial charge on any atom is -0.493 e. The van der Waals surface area contributed by atoms with Gasteiger partial charge < -0.3 is 14.2 Å². The molecule has 4 heteroatoms. The molecule has 0 aliphatic heterocycles. The highest BCUT2D eigenvalue weighted by atomic mass is 16.5. The molecule has 0 spiro atoms. The van der Waals surface area contributed by atoms with Gasteiger partial charge in [0.2, 0.25) is 0 Å². The van der Waals surface area contributed by atoms with Crippen molar-refractivity contribution in [3.8, 4) is 11.8 Å². The van der Waals surface area contributed by atoms with Gasteiger partial charge in [-0.25, -0.2) is 0 Å². The van der Waals surface area contributed by atoms with Crippen LogP contribution in [-0.4, -0.2) is 32.5 Å². The molecule has 0 heterocycles. The van der Waals surface area contributed by atoms with Crippen molar-refractivity contribution >= 4 is 0 Å². The van der Waals surface area contributed by atoms with Crippen LogP contribution in [-0.2, 0) is 9.47 Å². The van der Waals surface area contributed by atoms with Crippen LogP contribution in [0.4, 0.5) is 0 Å². The Morgan fingerprint density at radius 3 is 2.90 bits per heavy atom. The second-order valence-corrected chi connectivity index (χ2v) is 5.36. The predicted octanol–water partition coefficient (Wildman–Crippen LogP) is 3.30. The van der Waals surface area contributed by atoms with Crippen molar-refractivity contribution in [1.82, 2.24) is 0 Å². The Hall–Kier alpha value is -1.57. The van der Waals surface area contributed by atoms with Gasteiger partial charge in [-0.15, -0.1) is 0 Å². The Balaban J connectivity index is 1.60. The van der Waals surface area contributed by atoms with Crippen molar-refractivity contribution in [1.29, 1.82) is 5.26 Å². The third-order valence-corrected chi connectivity index (χ3v) is 3.79. The lowest BCUT2D eigenvalue weighted by Crippen LogP contribution is -2.28. The highest BCUT2D eigenvalue weighted by Gasteiger charge is 2.21. The van der Waals surface area contributed by atoms with Gasteiger partial charge in [0.1, 0.15) is 5.75 Å². The maximum Gasteiger partial charge on any atom is 0.120 e. The van der Waals surface area contributed by atoms with Gasteiger partial charge in [-0.05, 0) is 43.9 Å². The van der Waals surface area contributed by atoms with E-state index in [1.165, 1.54) is 6.42 Å². The first kappa shape index (κ1) is 15.8. The fraction of sp³-hybridized carbons (Fsp3) is 0.588. The summed E-state index contributed by atoms with van der Waals surface area (Å²) in [5.41, 5.74) is 0.622. The van der Waals surface area contributed by atoms with E-state index < -0.39 is 0 Å². The maximum atomic E-state index is 8.82. The molecule has 2 atom stereocenters. The number of hydrogen-bond acceptors (Lipinski definition) is 4. The average Bonchev–Trinajstić information content (AvgIpc) is 2.55. The van der Waals surface area contributed by atoms with Crippen molar-refractivity contribution in [3.63, 3.8) is 0 Å². The number of rotatable bonds is 7. The highest BCUT2D eigenvalue weighted by molar-refractivity contribution is 5.36. The number of nitriles is 1. The molecule has 1 aliphatic carbocycles. The summed E-state index contributed by atoms with van der Waals surface area (Å²) >= 11 is 0. The molecule has 2 rings (SSSR count). The van der Waals surface area contributed by atoms with Crippen LogP contribution in [0.15, 0.2) is 24.3 Å². The van der Waals surface area contributed by atoms with E-state index in [-0.39, 0.29) is 0 Å². The van der Waals surface area contributed by atoms with Gasteiger partial charge in [0.25, 0.3) is 0 Å². The minimum absolute atomic E-state index is 0.325. The molecule has 1 aliphatic rings. The quantitative estimate of drug-likeness (QED) is 0.723. The molecule has 0 radical (unpaired) electrons. The van der Waals surface area contributed by atoms with E-state index in [1.807, 2.05) is 12.1 Å². The van der Waals surface area contributed by atoms with Gasteiger partial charge in [0.15, 0.2) is 0 Å². The van der Waals surface area contributed by atoms with E-state index in [2.05, 4.69) is 6.07 Å². The molecule has 1 aromatic carbocycles. The van der Waals surface area contributed by atoms with Gasteiger partial charge in [-0.2, -0.15) is 5.26 Å². The molecular weight excluding hydrogens is 266 g/mol. The Labute approximate surface area is 126 Å². The maximum absolute atomic E-state index is 8.82. The zero-order chi connectivity index (χ0) is 14.9. The lowest BCUT2D eigenvalue weighted by molar-refractivity contribution is -0.0317. The van der Waals surface area contributed by atoms with E-state index >= 15 is 0 Å². The summed E-state index contributed by atoms with van der Waals surface area (Å²) in [6.07, 6.45) is 5.99. The van der Waals surface area contributed by atoms with Crippen molar-refractivity contribution in [2.24, 2.45) is 0 Å². The minimum atomic E-state index is 0.325. The van der Waals surface area contributed by atoms with Crippen molar-refractivity contribution in [2.45, 2.75) is 44.3 Å². The van der Waals surface area contributed by atoms with Crippen molar-refractivity contribution in [2.75, 3.05) is 20.3 Å². The first-order valence-electron chi connectivity index (χ1n) is 7.59. The topological polar surface area (TPSA) is 51.5 Å². The predicted molar refractivity (Wildman–Crippen MR) is 80.3 cm³/mol. The molecule has 0 amide bonds. The standard InChI is InChI=1S/C17H23NO3/c1-19-15-6-3-8-17(12-15)21-10-4-9-20-16-7-2-5-14(11-16)13-18/h2,5,7,11,15,17H,3-4,6,8-10,12H2,1H3. The summed E-state index contributed by atoms with van der Waals surface area (Å²) in [7, 11) is 1.77. The molecule has 114 valence electrons. The van der Waals surface area contributed by atoms with E-state index in [0.717, 1.165) is 31.4 Å². The molecular formula is C17H23NO3. The Morgan fingerprint density at radius 1 is 1.24 bits per heavy atom. The number of hydrogen-bond donors (Lipinski definition) is 0. The average molecular weight is 289 g/mol. The molecule has 1 fully saturated rings. The van der Waals surface area contributed by atoms with Crippen LogP contribution >= 0.6 is 0 Å². The lowest BCUT2D eigenvalue weighted by Gasteiger charge is -2.28. The summed E-state index contributed by atoms with van der Waals surface area (Å²) in [5.74, 6) is 0.742. The summed E-state index contributed by atoms with van der Waals surface area (Å²) in [6, 6.07) is 9.33. The summed E-state index contributed by atoms with van der Waals surface area (Å²) in [4.78, 5) is 0. The molecule has 1 saturated carbocycles. The van der Waals surface area contributed by atoms with Gasteiger partial charge in [0.05, 0.1) is 37.1 Å². The Kier molecular flexibility index (Phi) is 6.52. The fourth-order valence-corrected chi connectivity index (χ4v) is 2.62. The number of methoxy groups -OCH3 is 1. The van der Waals surface area contributed by atoms with Crippen molar-refractivity contribution < 1.29 is 14.2 Å². The smallest absolute Gasteiger partial charge is 0.120 e. The largest absolute Gasteiger partial charge is 0.493 e. The molecule has 0 bridgehead atoms. The molecule has 0 N–H and O–H groups in total. The normalized spacial score (nSPS) is 21.7. The van der Waals surface area contributed by atoms with Crippen LogP contribution in [0.25, 0.3) is 0 Å². The molecule has 4 nitrogen and oxygen atoms in total. The summed E-state index contributed by atoms with van der Waals surface area (Å²) in [5, 5.41) is 8.82. The Bertz CT molecular complexity index is 469. The van der Waals surface area contributed by atoms with Gasteiger partial charge in [0, 0.05) is 13.5 Å². The van der Waals surface area contributed by atoms with Crippen LogP contribution in [0.2, 0.25) is 0 Å². The first-order chi connectivity index (χ1) is 10.3. The third kappa shape index (κ3) is 5.37. The van der Waals surface area contributed by atoms with Crippen LogP contribution in [0.5, 0.6) is 5.75 Å². The molecule has 1 aromatic rings. The van der Waals surface area contributed by atoms with Crippen molar-refractivity contribution in [3.05, 3.63) is 29.8 Å². The second-order valence-electron chi connectivity index (χ2n) is 5.36. The second kappa shape index (κ2) is 8.66. The fourth-order valence-electron chi connectivity index (χ4n) is 2.62. The zero-order valence-corrected chi connectivity index (χ0v) is 12.6. The van der Waals surface area contributed by atoms with Gasteiger partial charge >= 0.3 is 0 Å². The van der Waals surface area contributed by atoms with E-state index in [0.29, 0.717) is 31.0 Å².